The first-order chi connectivity index (χ1) is 35.7. The van der Waals surface area contributed by atoms with Gasteiger partial charge in [0.15, 0.2) is 0 Å². The molecule has 5 aromatic rings. The summed E-state index contributed by atoms with van der Waals surface area (Å²) in [6.45, 7) is 28.9. The molecule has 0 amide bonds. The number of rotatable bonds is 5. The Kier molecular flexibility index (Phi) is 11.3. The van der Waals surface area contributed by atoms with Crippen LogP contribution in [-0.4, -0.2) is 5.66 Å². The van der Waals surface area contributed by atoms with Gasteiger partial charge in [-0.15, -0.1) is 0 Å². The Bertz CT molecular complexity index is 3640. The third-order valence-electron chi connectivity index (χ3n) is 18.2. The van der Waals surface area contributed by atoms with Crippen LogP contribution < -0.4 is 0 Å². The highest BCUT2D eigenvalue weighted by Crippen LogP contribution is 2.67. The summed E-state index contributed by atoms with van der Waals surface area (Å²) < 4.78 is 0. The summed E-state index contributed by atoms with van der Waals surface area (Å²) >= 11 is 0. The zero-order valence-corrected chi connectivity index (χ0v) is 47.9. The van der Waals surface area contributed by atoms with Gasteiger partial charge in [0.25, 0.3) is 0 Å². The summed E-state index contributed by atoms with van der Waals surface area (Å²) in [6, 6.07) is 25.5. The molecule has 0 spiro atoms. The van der Waals surface area contributed by atoms with Crippen molar-refractivity contribution in [3.63, 3.8) is 0 Å². The van der Waals surface area contributed by atoms with Gasteiger partial charge in [0.1, 0.15) is 0 Å². The number of fused-ring (bicyclic) bond motifs is 8. The molecule has 0 N–H and O–H groups in total. The number of hydrogen-bond acceptors (Lipinski definition) is 0. The number of benzene rings is 5. The van der Waals surface area contributed by atoms with Crippen LogP contribution >= 0.6 is 7.92 Å². The smallest absolute Gasteiger partial charge is 0.0206 e. The fourth-order valence-corrected chi connectivity index (χ4v) is 17.1. The van der Waals surface area contributed by atoms with E-state index in [2.05, 4.69) is 229 Å². The van der Waals surface area contributed by atoms with E-state index >= 15 is 0 Å². The monoisotopic (exact) mass is 997 g/mol. The van der Waals surface area contributed by atoms with Crippen molar-refractivity contribution in [1.29, 1.82) is 0 Å². The van der Waals surface area contributed by atoms with Gasteiger partial charge in [0.2, 0.25) is 0 Å². The lowest BCUT2D eigenvalue weighted by molar-refractivity contribution is 0.568. The Morgan fingerprint density at radius 2 is 1.19 bits per heavy atom. The third kappa shape index (κ3) is 7.92. The molecule has 8 aliphatic carbocycles. The van der Waals surface area contributed by atoms with E-state index in [1.807, 2.05) is 0 Å². The van der Waals surface area contributed by atoms with Gasteiger partial charge in [0, 0.05) is 17.5 Å². The molecule has 5 aromatic carbocycles. The van der Waals surface area contributed by atoms with E-state index in [1.165, 1.54) is 111 Å². The highest BCUT2D eigenvalue weighted by molar-refractivity contribution is 7.67. The third-order valence-corrected chi connectivity index (χ3v) is 21.1. The highest BCUT2D eigenvalue weighted by Gasteiger charge is 2.47. The van der Waals surface area contributed by atoms with Crippen molar-refractivity contribution in [3.05, 3.63) is 212 Å². The summed E-state index contributed by atoms with van der Waals surface area (Å²) in [6.07, 6.45) is 42.8. The fraction of sp³-hybridized carbons (Fsp3) is 0.351. The molecule has 0 saturated heterocycles. The van der Waals surface area contributed by atoms with Gasteiger partial charge in [-0.25, -0.2) is 0 Å². The average Bonchev–Trinajstić information content (AvgIpc) is 4.08. The minimum atomic E-state index is -0.496. The summed E-state index contributed by atoms with van der Waals surface area (Å²) in [7, 11) is -0.496. The lowest BCUT2D eigenvalue weighted by atomic mass is 9.69. The van der Waals surface area contributed by atoms with Crippen molar-refractivity contribution in [2.75, 3.05) is 0 Å². The van der Waals surface area contributed by atoms with E-state index in [0.717, 1.165) is 44.9 Å². The van der Waals surface area contributed by atoms with Gasteiger partial charge >= 0.3 is 0 Å². The van der Waals surface area contributed by atoms with Gasteiger partial charge in [-0.3, -0.25) is 0 Å². The first kappa shape index (κ1) is 48.8. The molecular weight excluding hydrogens is 920 g/mol. The molecule has 0 aromatic heterocycles. The number of allylic oxidation sites excluding steroid dienone is 22. The van der Waals surface area contributed by atoms with E-state index in [1.54, 1.807) is 21.8 Å². The van der Waals surface area contributed by atoms with Crippen LogP contribution in [0, 0.1) is 11.8 Å². The van der Waals surface area contributed by atoms with Crippen LogP contribution in [0.15, 0.2) is 168 Å². The molecule has 0 aliphatic heterocycles. The molecule has 1 heteroatoms. The van der Waals surface area contributed by atoms with E-state index in [0.29, 0.717) is 5.66 Å². The van der Waals surface area contributed by atoms with Crippen molar-refractivity contribution in [3.8, 4) is 22.3 Å². The average molecular weight is 997 g/mol. The minimum absolute atomic E-state index is 0.0382. The van der Waals surface area contributed by atoms with E-state index in [4.69, 9.17) is 0 Å². The second-order valence-corrected chi connectivity index (χ2v) is 29.8. The Morgan fingerprint density at radius 3 is 1.83 bits per heavy atom. The SMILES string of the molecule is CC(C)(C)c1cc(-c2c3c(c(-c4cc(C(C)(C)C)cc(C(C)(C)C)c4)c4c2cc2c5c(cccc54)C4=C2CCC=C4)C2=CC4=C(C=C(P(C5=CCCC=C5)C5C=CC=CC5)CC4)C4C=CC=C3C24)cc(C(C)(C)C)c1. The zero-order valence-electron chi connectivity index (χ0n) is 47.0. The van der Waals surface area contributed by atoms with Crippen LogP contribution in [0.1, 0.15) is 173 Å². The maximum absolute atomic E-state index is 2.76. The topological polar surface area (TPSA) is 0 Å². The predicted octanol–water partition coefficient (Wildman–Crippen LogP) is 21.3. The summed E-state index contributed by atoms with van der Waals surface area (Å²) in [5.74, 6) is 0.483. The van der Waals surface area contributed by atoms with Crippen molar-refractivity contribution in [2.24, 2.45) is 11.8 Å². The van der Waals surface area contributed by atoms with Gasteiger partial charge in [0.05, 0.1) is 0 Å². The minimum Gasteiger partial charge on any atom is -0.0836 e. The lowest BCUT2D eigenvalue weighted by Crippen LogP contribution is -2.22. The van der Waals surface area contributed by atoms with Gasteiger partial charge in [-0.1, -0.05) is 223 Å². The normalized spacial score (nSPS) is 22.1. The molecule has 8 aliphatic rings. The molecule has 4 unspecified atom stereocenters. The molecule has 0 saturated carbocycles. The quantitative estimate of drug-likeness (QED) is 0.122. The second kappa shape index (κ2) is 17.4. The Labute approximate surface area is 450 Å². The summed E-state index contributed by atoms with van der Waals surface area (Å²) in [5, 5.41) is 8.94. The molecule has 0 radical (unpaired) electrons. The van der Waals surface area contributed by atoms with E-state index in [-0.39, 0.29) is 33.5 Å². The van der Waals surface area contributed by atoms with E-state index < -0.39 is 7.92 Å². The fourth-order valence-electron chi connectivity index (χ4n) is 14.2. The molecule has 0 nitrogen and oxygen atoms in total. The van der Waals surface area contributed by atoms with Gasteiger partial charge in [-0.2, -0.15) is 0 Å². The van der Waals surface area contributed by atoms with Crippen LogP contribution in [0.5, 0.6) is 0 Å². The second-order valence-electron chi connectivity index (χ2n) is 27.3. The molecule has 0 fully saturated rings. The maximum atomic E-state index is 2.76. The molecule has 4 atom stereocenters. The van der Waals surface area contributed by atoms with E-state index in [9.17, 15) is 0 Å². The summed E-state index contributed by atoms with van der Waals surface area (Å²) in [5.41, 5.74) is 26.5. The van der Waals surface area contributed by atoms with Crippen molar-refractivity contribution < 1.29 is 0 Å². The molecule has 13 rings (SSSR count). The van der Waals surface area contributed by atoms with Crippen LogP contribution in [0.4, 0.5) is 0 Å². The van der Waals surface area contributed by atoms with Crippen LogP contribution in [0.2, 0.25) is 0 Å². The zero-order chi connectivity index (χ0) is 52.1. The summed E-state index contributed by atoms with van der Waals surface area (Å²) in [4.78, 5) is 0. The Balaban J connectivity index is 1.18. The standard InChI is InChI=1S/C74H77P/c1-71(2,3)47-35-45(36-48(40-47)72(4,5)6)64-63-43-61-55-28-20-19-27-54(55)56-29-21-31-58(66(56)61)68(63)65(46-37-49(73(7,8)9)41-50(38-46)74(10,11)12)70-62-39-44-33-34-53(42-60(44)57-30-22-32-59(67(57)62)69(64)70)75(51-23-15-13-16-24-51)52-25-17-14-18-26-52/h13,15-17,19,21-23,25-27,29-32,35-43,51,57,67H,14,18,20,24,28,33-34H2,1-12H3. The largest absolute Gasteiger partial charge is 0.0836 e. The highest BCUT2D eigenvalue weighted by atomic mass is 31.1. The number of hydrogen-bond donors (Lipinski definition) is 0. The van der Waals surface area contributed by atoms with Gasteiger partial charge in [-0.05, 0) is 213 Å². The van der Waals surface area contributed by atoms with Crippen molar-refractivity contribution >= 4 is 51.8 Å². The molecular formula is C74H77P. The first-order valence-corrected chi connectivity index (χ1v) is 30.0. The van der Waals surface area contributed by atoms with Crippen LogP contribution in [0.3, 0.4) is 0 Å². The molecule has 0 heterocycles. The molecule has 0 bridgehead atoms. The predicted molar refractivity (Wildman–Crippen MR) is 329 cm³/mol. The van der Waals surface area contributed by atoms with Crippen LogP contribution in [-0.2, 0) is 21.7 Å². The lowest BCUT2D eigenvalue weighted by Gasteiger charge is -2.38. The van der Waals surface area contributed by atoms with Crippen molar-refractivity contribution in [2.45, 2.75) is 155 Å². The van der Waals surface area contributed by atoms with Crippen molar-refractivity contribution in [1.82, 2.24) is 0 Å². The van der Waals surface area contributed by atoms with Gasteiger partial charge < -0.3 is 0 Å². The Hall–Kier alpha value is -5.81. The Morgan fingerprint density at radius 1 is 0.520 bits per heavy atom. The molecule has 75 heavy (non-hydrogen) atoms. The maximum Gasteiger partial charge on any atom is 0.0206 e. The molecule has 378 valence electrons. The van der Waals surface area contributed by atoms with Crippen LogP contribution in [0.25, 0.3) is 66.1 Å². The first-order valence-electron chi connectivity index (χ1n) is 28.6.